The van der Waals surface area contributed by atoms with Gasteiger partial charge in [-0.1, -0.05) is 0 Å². The maximum atomic E-state index is 12.1. The maximum Gasteiger partial charge on any atom is 0.324 e. The van der Waals surface area contributed by atoms with E-state index in [1.54, 1.807) is 6.92 Å². The fourth-order valence-corrected chi connectivity index (χ4v) is 3.49. The van der Waals surface area contributed by atoms with Crippen molar-refractivity contribution < 1.29 is 23.1 Å². The minimum atomic E-state index is -3.65. The van der Waals surface area contributed by atoms with Gasteiger partial charge in [0.1, 0.15) is 6.04 Å². The maximum absolute atomic E-state index is 12.1. The van der Waals surface area contributed by atoms with E-state index in [1.807, 2.05) is 0 Å². The molecule has 1 aliphatic rings. The van der Waals surface area contributed by atoms with Gasteiger partial charge < -0.3 is 9.84 Å². The number of hydrogen-bond acceptors (Lipinski definition) is 5. The molecular formula is C11H22N2O5S. The zero-order chi connectivity index (χ0) is 14.3. The number of nitrogens with zero attached hydrogens (tertiary/aromatic N) is 1. The third-order valence-corrected chi connectivity index (χ3v) is 4.56. The number of aliphatic hydroxyl groups excluding tert-OH is 1. The molecule has 1 saturated heterocycles. The molecule has 19 heavy (non-hydrogen) atoms. The monoisotopic (exact) mass is 294 g/mol. The number of nitrogens with one attached hydrogen (secondary N) is 1. The fraction of sp³-hybridized carbons (Fsp3) is 0.909. The van der Waals surface area contributed by atoms with Gasteiger partial charge in [0.2, 0.25) is 0 Å². The molecule has 2 N–H and O–H groups in total. The third kappa shape index (κ3) is 4.72. The van der Waals surface area contributed by atoms with Crippen LogP contribution in [0.4, 0.5) is 0 Å². The molecule has 0 aromatic carbocycles. The normalized spacial score (nSPS) is 20.6. The molecule has 0 bridgehead atoms. The molecule has 1 rings (SSSR count). The number of rotatable bonds is 8. The van der Waals surface area contributed by atoms with Gasteiger partial charge in [0.15, 0.2) is 0 Å². The van der Waals surface area contributed by atoms with Crippen LogP contribution in [0.1, 0.15) is 32.6 Å². The molecule has 1 heterocycles. The Kier molecular flexibility index (Phi) is 6.70. The third-order valence-electron chi connectivity index (χ3n) is 2.94. The van der Waals surface area contributed by atoms with Crippen LogP contribution in [-0.2, 0) is 19.7 Å². The lowest BCUT2D eigenvalue weighted by Crippen LogP contribution is -2.47. The number of carbonyl (C=O) groups is 1. The van der Waals surface area contributed by atoms with Crippen molar-refractivity contribution in [1.29, 1.82) is 0 Å². The Morgan fingerprint density at radius 2 is 2.21 bits per heavy atom. The summed E-state index contributed by atoms with van der Waals surface area (Å²) in [4.78, 5) is 11.7. The standard InChI is InChI=1S/C11H22N2O5S/c1-2-18-11(15)10-6-5-8-13(10)19(16,17)12-7-3-4-9-14/h10,12,14H,2-9H2,1H3. The zero-order valence-corrected chi connectivity index (χ0v) is 12.0. The molecule has 0 amide bonds. The van der Waals surface area contributed by atoms with E-state index in [2.05, 4.69) is 4.72 Å². The molecule has 0 spiro atoms. The molecule has 0 aliphatic carbocycles. The van der Waals surface area contributed by atoms with E-state index in [0.29, 0.717) is 32.2 Å². The Hall–Kier alpha value is -0.700. The highest BCUT2D eigenvalue weighted by Crippen LogP contribution is 2.21. The average molecular weight is 294 g/mol. The summed E-state index contributed by atoms with van der Waals surface area (Å²) in [5.41, 5.74) is 0. The Labute approximate surface area is 114 Å². The van der Waals surface area contributed by atoms with Crippen LogP contribution in [0.25, 0.3) is 0 Å². The minimum absolute atomic E-state index is 0.0386. The van der Waals surface area contributed by atoms with Crippen molar-refractivity contribution in [2.75, 3.05) is 26.3 Å². The van der Waals surface area contributed by atoms with E-state index in [0.717, 1.165) is 0 Å². The highest BCUT2D eigenvalue weighted by molar-refractivity contribution is 7.87. The van der Waals surface area contributed by atoms with Crippen molar-refractivity contribution in [3.05, 3.63) is 0 Å². The molecule has 1 unspecified atom stereocenters. The van der Waals surface area contributed by atoms with Crippen LogP contribution in [0.15, 0.2) is 0 Å². The lowest BCUT2D eigenvalue weighted by Gasteiger charge is -2.22. The van der Waals surface area contributed by atoms with Crippen LogP contribution in [0.3, 0.4) is 0 Å². The summed E-state index contributed by atoms with van der Waals surface area (Å²) in [5, 5.41) is 8.63. The number of esters is 1. The Bertz CT molecular complexity index is 385. The molecule has 112 valence electrons. The van der Waals surface area contributed by atoms with E-state index in [4.69, 9.17) is 9.84 Å². The second-order valence-corrected chi connectivity index (χ2v) is 6.06. The second kappa shape index (κ2) is 7.78. The molecule has 1 atom stereocenters. The number of unbranched alkanes of at least 4 members (excludes halogenated alkanes) is 1. The average Bonchev–Trinajstić information content (AvgIpc) is 2.85. The minimum Gasteiger partial charge on any atom is -0.465 e. The summed E-state index contributed by atoms with van der Waals surface area (Å²) in [6, 6.07) is -0.713. The van der Waals surface area contributed by atoms with Gasteiger partial charge in [-0.2, -0.15) is 12.7 Å². The van der Waals surface area contributed by atoms with Crippen LogP contribution in [0.5, 0.6) is 0 Å². The SMILES string of the molecule is CCOC(=O)C1CCCN1S(=O)(=O)NCCCCO. The number of hydrogen-bond donors (Lipinski definition) is 2. The lowest BCUT2D eigenvalue weighted by atomic mass is 10.2. The first-order valence-electron chi connectivity index (χ1n) is 6.57. The highest BCUT2D eigenvalue weighted by atomic mass is 32.2. The largest absolute Gasteiger partial charge is 0.465 e. The van der Waals surface area contributed by atoms with Crippen molar-refractivity contribution in [2.24, 2.45) is 0 Å². The molecule has 1 aliphatic heterocycles. The Balaban J connectivity index is 2.58. The molecular weight excluding hydrogens is 272 g/mol. The van der Waals surface area contributed by atoms with E-state index in [9.17, 15) is 13.2 Å². The van der Waals surface area contributed by atoms with Crippen molar-refractivity contribution >= 4 is 16.2 Å². The number of aliphatic hydroxyl groups is 1. The van der Waals surface area contributed by atoms with Crippen LogP contribution in [0, 0.1) is 0 Å². The van der Waals surface area contributed by atoms with Crippen molar-refractivity contribution in [3.63, 3.8) is 0 Å². The van der Waals surface area contributed by atoms with Crippen LogP contribution in [-0.4, -0.2) is 56.1 Å². The Morgan fingerprint density at radius 3 is 2.84 bits per heavy atom. The predicted molar refractivity (Wildman–Crippen MR) is 69.6 cm³/mol. The van der Waals surface area contributed by atoms with E-state index < -0.39 is 22.2 Å². The van der Waals surface area contributed by atoms with Gasteiger partial charge in [0.05, 0.1) is 6.61 Å². The first-order valence-corrected chi connectivity index (χ1v) is 8.01. The molecule has 0 aromatic rings. The highest BCUT2D eigenvalue weighted by Gasteiger charge is 2.39. The van der Waals surface area contributed by atoms with Gasteiger partial charge in [0.25, 0.3) is 10.2 Å². The van der Waals surface area contributed by atoms with E-state index >= 15 is 0 Å². The topological polar surface area (TPSA) is 95.9 Å². The van der Waals surface area contributed by atoms with Gasteiger partial charge in [0, 0.05) is 19.7 Å². The quantitative estimate of drug-likeness (QED) is 0.470. The summed E-state index contributed by atoms with van der Waals surface area (Å²) in [5.74, 6) is -0.485. The summed E-state index contributed by atoms with van der Waals surface area (Å²) in [6.45, 7) is 2.57. The molecule has 7 nitrogen and oxygen atoms in total. The predicted octanol–water partition coefficient (Wildman–Crippen LogP) is -0.379. The van der Waals surface area contributed by atoms with E-state index in [-0.39, 0.29) is 19.8 Å². The smallest absolute Gasteiger partial charge is 0.324 e. The van der Waals surface area contributed by atoms with Crippen LogP contribution >= 0.6 is 0 Å². The van der Waals surface area contributed by atoms with E-state index in [1.165, 1.54) is 4.31 Å². The summed E-state index contributed by atoms with van der Waals surface area (Å²) in [7, 11) is -3.65. The molecule has 1 fully saturated rings. The van der Waals surface area contributed by atoms with Crippen molar-refractivity contribution in [3.8, 4) is 0 Å². The van der Waals surface area contributed by atoms with Crippen LogP contribution < -0.4 is 4.72 Å². The molecule has 8 heteroatoms. The van der Waals surface area contributed by atoms with Crippen molar-refractivity contribution in [1.82, 2.24) is 9.03 Å². The number of ether oxygens (including phenoxy) is 1. The lowest BCUT2D eigenvalue weighted by molar-refractivity contribution is -0.146. The summed E-state index contributed by atoms with van der Waals surface area (Å²) < 4.78 is 32.6. The summed E-state index contributed by atoms with van der Waals surface area (Å²) >= 11 is 0. The first kappa shape index (κ1) is 16.4. The van der Waals surface area contributed by atoms with Gasteiger partial charge in [-0.3, -0.25) is 4.79 Å². The molecule has 0 aromatic heterocycles. The molecule has 0 radical (unpaired) electrons. The van der Waals surface area contributed by atoms with Crippen LogP contribution in [0.2, 0.25) is 0 Å². The van der Waals surface area contributed by atoms with Gasteiger partial charge in [-0.15, -0.1) is 0 Å². The number of carbonyl (C=O) groups excluding carboxylic acids is 1. The first-order chi connectivity index (χ1) is 9.03. The van der Waals surface area contributed by atoms with Gasteiger partial charge in [-0.05, 0) is 32.6 Å². The molecule has 0 saturated carbocycles. The zero-order valence-electron chi connectivity index (χ0n) is 11.2. The van der Waals surface area contributed by atoms with Gasteiger partial charge >= 0.3 is 5.97 Å². The summed E-state index contributed by atoms with van der Waals surface area (Å²) in [6.07, 6.45) is 2.26. The van der Waals surface area contributed by atoms with Crippen molar-refractivity contribution in [2.45, 2.75) is 38.6 Å². The Morgan fingerprint density at radius 1 is 1.47 bits per heavy atom. The van der Waals surface area contributed by atoms with Gasteiger partial charge in [-0.25, -0.2) is 4.72 Å². The fourth-order valence-electron chi connectivity index (χ4n) is 2.02. The second-order valence-electron chi connectivity index (χ2n) is 4.35.